The zero-order valence-electron chi connectivity index (χ0n) is 12.7. The Morgan fingerprint density at radius 2 is 2.33 bits per heavy atom. The van der Waals surface area contributed by atoms with Gasteiger partial charge in [-0.25, -0.2) is 4.79 Å². The van der Waals surface area contributed by atoms with Crippen molar-refractivity contribution in [2.75, 3.05) is 6.16 Å². The molecule has 0 N–H and O–H groups in total. The lowest BCUT2D eigenvalue weighted by molar-refractivity contribution is -0.148. The van der Waals surface area contributed by atoms with Crippen molar-refractivity contribution in [3.05, 3.63) is 23.8 Å². The standard InChI is InChI=1S/C15H22NO4P/c1-4-21(18)10-16-13(15(17)19-11(2)3)9-12-7-5-6-8-14(12)20-21/h5-7,10-11,13-14H,4,8-9H2,1-3H3/t13-,14?,21?/m0/s1. The van der Waals surface area contributed by atoms with Gasteiger partial charge in [-0.15, -0.1) is 0 Å². The predicted molar refractivity (Wildman–Crippen MR) is 83.0 cm³/mol. The minimum Gasteiger partial charge on any atom is -0.461 e. The molecule has 0 aromatic heterocycles. The van der Waals surface area contributed by atoms with Crippen LogP contribution in [0.15, 0.2) is 28.8 Å². The summed E-state index contributed by atoms with van der Waals surface area (Å²) in [6.07, 6.45) is 6.90. The molecule has 0 fully saturated rings. The third-order valence-electron chi connectivity index (χ3n) is 3.43. The van der Waals surface area contributed by atoms with E-state index in [0.29, 0.717) is 19.0 Å². The Balaban J connectivity index is 2.29. The van der Waals surface area contributed by atoms with Gasteiger partial charge in [0.2, 0.25) is 7.37 Å². The fraction of sp³-hybridized carbons (Fsp3) is 0.600. The number of hydrogen-bond acceptors (Lipinski definition) is 5. The van der Waals surface area contributed by atoms with Gasteiger partial charge in [-0.3, -0.25) is 9.56 Å². The van der Waals surface area contributed by atoms with Crippen LogP contribution in [0.25, 0.3) is 0 Å². The summed E-state index contributed by atoms with van der Waals surface area (Å²) in [5, 5.41) is 0. The second kappa shape index (κ2) is 6.71. The third-order valence-corrected chi connectivity index (χ3v) is 5.41. The first-order valence-electron chi connectivity index (χ1n) is 7.31. The Labute approximate surface area is 125 Å². The van der Waals surface area contributed by atoms with Crippen LogP contribution < -0.4 is 0 Å². The Hall–Kier alpha value is -1.19. The quantitative estimate of drug-likeness (QED) is 0.592. The molecule has 2 unspecified atom stereocenters. The van der Waals surface area contributed by atoms with Gasteiger partial charge in [-0.2, -0.15) is 0 Å². The summed E-state index contributed by atoms with van der Waals surface area (Å²) in [4.78, 5) is 16.3. The number of carbonyl (C=O) groups excluding carboxylic acids is 1. The van der Waals surface area contributed by atoms with Crippen LogP contribution in [0.4, 0.5) is 0 Å². The summed E-state index contributed by atoms with van der Waals surface area (Å²) in [5.74, 6) is 0.967. The monoisotopic (exact) mass is 311 g/mol. The molecule has 0 saturated carbocycles. The van der Waals surface area contributed by atoms with E-state index in [2.05, 4.69) is 4.99 Å². The van der Waals surface area contributed by atoms with Crippen LogP contribution in [0.3, 0.4) is 0 Å². The van der Waals surface area contributed by atoms with Crippen molar-refractivity contribution in [1.82, 2.24) is 0 Å². The van der Waals surface area contributed by atoms with E-state index in [-0.39, 0.29) is 18.2 Å². The van der Waals surface area contributed by atoms with Gasteiger partial charge < -0.3 is 9.26 Å². The number of esters is 1. The van der Waals surface area contributed by atoms with Gasteiger partial charge in [0.1, 0.15) is 0 Å². The van der Waals surface area contributed by atoms with Crippen LogP contribution in [-0.4, -0.2) is 36.3 Å². The van der Waals surface area contributed by atoms with Crippen LogP contribution in [0.1, 0.15) is 33.6 Å². The summed E-state index contributed by atoms with van der Waals surface area (Å²) < 4.78 is 23.7. The SMILES string of the molecule is CCP1(=O)C=N[C@H](C(=O)OC(C)C)CC2=CC=CCC2O1. The van der Waals surface area contributed by atoms with Crippen molar-refractivity contribution in [2.24, 2.45) is 4.99 Å². The number of carbonyl (C=O) groups is 1. The van der Waals surface area contributed by atoms with Gasteiger partial charge in [-0.1, -0.05) is 25.2 Å². The second-order valence-corrected chi connectivity index (χ2v) is 8.04. The van der Waals surface area contributed by atoms with Crippen molar-refractivity contribution < 1.29 is 18.6 Å². The maximum atomic E-state index is 12.6. The molecule has 1 aliphatic carbocycles. The lowest BCUT2D eigenvalue weighted by atomic mass is 9.95. The van der Waals surface area contributed by atoms with Gasteiger partial charge in [0.15, 0.2) is 6.04 Å². The molecule has 3 atom stereocenters. The lowest BCUT2D eigenvalue weighted by Gasteiger charge is -2.29. The number of rotatable bonds is 3. The normalized spacial score (nSPS) is 32.1. The first kappa shape index (κ1) is 16.2. The molecule has 6 heteroatoms. The molecule has 0 amide bonds. The molecule has 0 spiro atoms. The van der Waals surface area contributed by atoms with E-state index in [1.54, 1.807) is 20.8 Å². The predicted octanol–water partition coefficient (Wildman–Crippen LogP) is 3.31. The average Bonchev–Trinajstić information content (AvgIpc) is 2.42. The highest BCUT2D eigenvalue weighted by molar-refractivity contribution is 7.74. The van der Waals surface area contributed by atoms with Gasteiger partial charge in [-0.05, 0) is 25.8 Å². The zero-order chi connectivity index (χ0) is 15.5. The fourth-order valence-electron chi connectivity index (χ4n) is 2.27. The molecule has 0 radical (unpaired) electrons. The van der Waals surface area contributed by atoms with E-state index in [0.717, 1.165) is 5.57 Å². The molecule has 0 saturated heterocycles. The fourth-order valence-corrected chi connectivity index (χ4v) is 3.66. The minimum absolute atomic E-state index is 0.191. The highest BCUT2D eigenvalue weighted by atomic mass is 31.2. The lowest BCUT2D eigenvalue weighted by Crippen LogP contribution is -2.29. The van der Waals surface area contributed by atoms with Gasteiger partial charge in [0, 0.05) is 12.6 Å². The van der Waals surface area contributed by atoms with E-state index >= 15 is 0 Å². The van der Waals surface area contributed by atoms with Gasteiger partial charge >= 0.3 is 5.97 Å². The van der Waals surface area contributed by atoms with E-state index < -0.39 is 13.4 Å². The van der Waals surface area contributed by atoms with Crippen LogP contribution in [0.5, 0.6) is 0 Å². The Morgan fingerprint density at radius 1 is 1.57 bits per heavy atom. The van der Waals surface area contributed by atoms with Crippen molar-refractivity contribution >= 4 is 19.3 Å². The number of fused-ring (bicyclic) bond motifs is 1. The molecule has 0 bridgehead atoms. The van der Waals surface area contributed by atoms with Crippen LogP contribution in [0.2, 0.25) is 0 Å². The van der Waals surface area contributed by atoms with Crippen molar-refractivity contribution in [3.8, 4) is 0 Å². The van der Waals surface area contributed by atoms with Crippen LogP contribution in [0, 0.1) is 0 Å². The third kappa shape index (κ3) is 4.14. The molecule has 116 valence electrons. The molecule has 5 nitrogen and oxygen atoms in total. The summed E-state index contributed by atoms with van der Waals surface area (Å²) in [6.45, 7) is 5.41. The highest BCUT2D eigenvalue weighted by Crippen LogP contribution is 2.48. The van der Waals surface area contributed by atoms with Crippen molar-refractivity contribution in [3.63, 3.8) is 0 Å². The minimum atomic E-state index is -2.94. The number of hydrogen-bond donors (Lipinski definition) is 0. The number of allylic oxidation sites excluding steroid dienone is 2. The van der Waals surface area contributed by atoms with Crippen LogP contribution >= 0.6 is 7.37 Å². The first-order valence-corrected chi connectivity index (χ1v) is 9.19. The summed E-state index contributed by atoms with van der Waals surface area (Å²) in [7, 11) is -2.94. The van der Waals surface area contributed by atoms with Crippen molar-refractivity contribution in [1.29, 1.82) is 0 Å². The molecule has 1 heterocycles. The Kier molecular flexibility index (Phi) is 5.17. The van der Waals surface area contributed by atoms with Crippen LogP contribution in [-0.2, 0) is 18.6 Å². The molecule has 2 aliphatic rings. The second-order valence-electron chi connectivity index (χ2n) is 5.51. The number of ether oxygens (including phenoxy) is 1. The van der Waals surface area contributed by atoms with Crippen molar-refractivity contribution in [2.45, 2.75) is 51.9 Å². The van der Waals surface area contributed by atoms with E-state index in [4.69, 9.17) is 9.26 Å². The van der Waals surface area contributed by atoms with Gasteiger partial charge in [0.05, 0.1) is 18.2 Å². The number of nitrogens with zero attached hydrogens (tertiary/aromatic N) is 1. The van der Waals surface area contributed by atoms with E-state index in [9.17, 15) is 9.36 Å². The molecular formula is C15H22NO4P. The molecule has 2 rings (SSSR count). The molecule has 21 heavy (non-hydrogen) atoms. The van der Waals surface area contributed by atoms with E-state index in [1.807, 2.05) is 18.2 Å². The first-order chi connectivity index (χ1) is 9.93. The topological polar surface area (TPSA) is 65.0 Å². The highest BCUT2D eigenvalue weighted by Gasteiger charge is 2.33. The van der Waals surface area contributed by atoms with Gasteiger partial charge in [0.25, 0.3) is 0 Å². The summed E-state index contributed by atoms with van der Waals surface area (Å²) >= 11 is 0. The maximum Gasteiger partial charge on any atom is 0.331 e. The number of aliphatic imine (C=N–C) groups is 1. The summed E-state index contributed by atoms with van der Waals surface area (Å²) in [6, 6.07) is -0.642. The molecule has 1 aliphatic heterocycles. The summed E-state index contributed by atoms with van der Waals surface area (Å²) in [5.41, 5.74) is 0.953. The smallest absolute Gasteiger partial charge is 0.331 e. The maximum absolute atomic E-state index is 12.6. The molecular weight excluding hydrogens is 289 g/mol. The zero-order valence-corrected chi connectivity index (χ0v) is 13.6. The van der Waals surface area contributed by atoms with E-state index in [1.165, 1.54) is 5.96 Å². The average molecular weight is 311 g/mol. The largest absolute Gasteiger partial charge is 0.461 e. The Morgan fingerprint density at radius 3 is 3.00 bits per heavy atom. The molecule has 0 aromatic rings. The molecule has 0 aromatic carbocycles. The Bertz CT molecular complexity index is 536.